The Morgan fingerprint density at radius 2 is 2.42 bits per heavy atom. The third-order valence-electron chi connectivity index (χ3n) is 2.34. The summed E-state index contributed by atoms with van der Waals surface area (Å²) in [6.45, 7) is 5.33. The molecular weight excluding hydrogens is 150 g/mol. The summed E-state index contributed by atoms with van der Waals surface area (Å²) >= 11 is 0. The van der Waals surface area contributed by atoms with Crippen LogP contribution in [0, 0.1) is 11.8 Å². The van der Waals surface area contributed by atoms with E-state index in [0.717, 1.165) is 17.4 Å². The second kappa shape index (κ2) is 2.73. The predicted octanol–water partition coefficient (Wildman–Crippen LogP) is 0.0956. The van der Waals surface area contributed by atoms with E-state index in [-0.39, 0.29) is 0 Å². The predicted molar refractivity (Wildman–Crippen MR) is 47.0 cm³/mol. The zero-order chi connectivity index (χ0) is 8.55. The van der Waals surface area contributed by atoms with Crippen LogP contribution in [0.1, 0.15) is 13.8 Å². The molecule has 1 aromatic heterocycles. The molecule has 1 unspecified atom stereocenters. The van der Waals surface area contributed by atoms with Gasteiger partial charge < -0.3 is 4.98 Å². The van der Waals surface area contributed by atoms with Crippen LogP contribution in [0.15, 0.2) is 11.3 Å². The van der Waals surface area contributed by atoms with Gasteiger partial charge in [-0.05, 0) is 5.92 Å². The van der Waals surface area contributed by atoms with Crippen LogP contribution in [-0.4, -0.2) is 16.5 Å². The molecule has 0 aliphatic carbocycles. The average molecular weight is 163 g/mol. The quantitative estimate of drug-likeness (QED) is 0.626. The van der Waals surface area contributed by atoms with Crippen LogP contribution >= 0.6 is 0 Å². The first-order valence-corrected chi connectivity index (χ1v) is 4.33. The zero-order valence-electron chi connectivity index (χ0n) is 7.41. The van der Waals surface area contributed by atoms with E-state index in [0.29, 0.717) is 11.8 Å². The van der Waals surface area contributed by atoms with Crippen LogP contribution in [0.25, 0.3) is 6.08 Å². The molecule has 3 nitrogen and oxygen atoms in total. The zero-order valence-corrected chi connectivity index (χ0v) is 7.41. The molecule has 0 spiro atoms. The van der Waals surface area contributed by atoms with E-state index in [9.17, 15) is 0 Å². The molecule has 1 aliphatic rings. The molecule has 3 heteroatoms. The molecule has 12 heavy (non-hydrogen) atoms. The number of fused-ring (bicyclic) bond motifs is 1. The van der Waals surface area contributed by atoms with Gasteiger partial charge in [-0.3, -0.25) is 4.99 Å². The summed E-state index contributed by atoms with van der Waals surface area (Å²) in [5, 5.41) is 1.08. The topological polar surface area (TPSA) is 41.0 Å². The molecule has 1 aromatic rings. The van der Waals surface area contributed by atoms with E-state index in [1.165, 1.54) is 0 Å². The van der Waals surface area contributed by atoms with Crippen molar-refractivity contribution in [2.45, 2.75) is 13.8 Å². The Balaban J connectivity index is 2.45. The number of nitrogens with zero attached hydrogens (tertiary/aromatic N) is 2. The number of hydrogen-bond acceptors (Lipinski definition) is 2. The monoisotopic (exact) mass is 163 g/mol. The molecule has 2 heterocycles. The lowest BCUT2D eigenvalue weighted by atomic mass is 9.95. The van der Waals surface area contributed by atoms with E-state index < -0.39 is 0 Å². The summed E-state index contributed by atoms with van der Waals surface area (Å²) < 4.78 is 0. The van der Waals surface area contributed by atoms with Crippen LogP contribution in [0.2, 0.25) is 0 Å². The molecule has 1 atom stereocenters. The van der Waals surface area contributed by atoms with Gasteiger partial charge in [0.05, 0.1) is 11.7 Å². The lowest BCUT2D eigenvalue weighted by Gasteiger charge is -2.15. The maximum Gasteiger partial charge on any atom is 0.172 e. The molecule has 1 N–H and O–H groups in total. The highest BCUT2D eigenvalue weighted by Crippen LogP contribution is 2.12. The van der Waals surface area contributed by atoms with Crippen LogP contribution in [0.4, 0.5) is 0 Å². The minimum absolute atomic E-state index is 0.568. The van der Waals surface area contributed by atoms with Gasteiger partial charge in [-0.2, -0.15) is 0 Å². The highest BCUT2D eigenvalue weighted by atomic mass is 14.9. The summed E-state index contributed by atoms with van der Waals surface area (Å²) in [5.74, 6) is 1.23. The van der Waals surface area contributed by atoms with Gasteiger partial charge >= 0.3 is 0 Å². The number of H-pyrrole nitrogens is 1. The molecule has 0 bridgehead atoms. The van der Waals surface area contributed by atoms with Gasteiger partial charge in [0.25, 0.3) is 0 Å². The van der Waals surface area contributed by atoms with Crippen LogP contribution in [0.5, 0.6) is 0 Å². The molecule has 0 saturated carbocycles. The maximum atomic E-state index is 4.38. The van der Waals surface area contributed by atoms with Crippen molar-refractivity contribution in [2.24, 2.45) is 16.8 Å². The molecule has 0 fully saturated rings. The third kappa shape index (κ3) is 1.15. The number of aromatic amines is 1. The number of aromatic nitrogens is 2. The van der Waals surface area contributed by atoms with Gasteiger partial charge in [-0.15, -0.1) is 0 Å². The Hall–Kier alpha value is -1.12. The molecule has 0 radical (unpaired) electrons. The summed E-state index contributed by atoms with van der Waals surface area (Å²) in [7, 11) is 0. The third-order valence-corrected chi connectivity index (χ3v) is 2.34. The molecular formula is C9H13N3. The Morgan fingerprint density at radius 3 is 3.17 bits per heavy atom. The van der Waals surface area contributed by atoms with Crippen molar-refractivity contribution in [3.63, 3.8) is 0 Å². The van der Waals surface area contributed by atoms with Gasteiger partial charge in [-0.25, -0.2) is 4.98 Å². The Morgan fingerprint density at radius 1 is 1.58 bits per heavy atom. The SMILES string of the molecule is CC(C)C1C=c2[nH]cnc2=NC1. The second-order valence-electron chi connectivity index (χ2n) is 3.56. The molecule has 0 amide bonds. The van der Waals surface area contributed by atoms with Crippen molar-refractivity contribution >= 4 is 6.08 Å². The molecule has 1 aliphatic heterocycles. The molecule has 2 rings (SSSR count). The number of rotatable bonds is 1. The van der Waals surface area contributed by atoms with Gasteiger partial charge in [0.15, 0.2) is 5.49 Å². The first-order valence-electron chi connectivity index (χ1n) is 4.33. The maximum absolute atomic E-state index is 4.38. The largest absolute Gasteiger partial charge is 0.343 e. The van der Waals surface area contributed by atoms with Crippen LogP contribution in [0.3, 0.4) is 0 Å². The number of hydrogen-bond donors (Lipinski definition) is 1. The Labute approximate surface area is 71.2 Å². The van der Waals surface area contributed by atoms with E-state index in [1.807, 2.05) is 0 Å². The van der Waals surface area contributed by atoms with Gasteiger partial charge in [-0.1, -0.05) is 19.9 Å². The fraction of sp³-hybridized carbons (Fsp3) is 0.556. The number of nitrogens with one attached hydrogen (secondary N) is 1. The van der Waals surface area contributed by atoms with Crippen LogP contribution < -0.4 is 10.8 Å². The van der Waals surface area contributed by atoms with Crippen molar-refractivity contribution < 1.29 is 0 Å². The van der Waals surface area contributed by atoms with E-state index in [2.05, 4.69) is 34.9 Å². The fourth-order valence-corrected chi connectivity index (χ4v) is 1.41. The van der Waals surface area contributed by atoms with Crippen molar-refractivity contribution in [3.05, 3.63) is 17.2 Å². The summed E-state index contributed by atoms with van der Waals surface area (Å²) in [6.07, 6.45) is 3.94. The van der Waals surface area contributed by atoms with Crippen molar-refractivity contribution in [2.75, 3.05) is 6.54 Å². The van der Waals surface area contributed by atoms with E-state index in [1.54, 1.807) is 6.33 Å². The summed E-state index contributed by atoms with van der Waals surface area (Å²) in [6, 6.07) is 0. The highest BCUT2D eigenvalue weighted by molar-refractivity contribution is 5.24. The normalized spacial score (nSPS) is 21.4. The van der Waals surface area contributed by atoms with Crippen LogP contribution in [-0.2, 0) is 0 Å². The van der Waals surface area contributed by atoms with Crippen molar-refractivity contribution in [3.8, 4) is 0 Å². The number of imidazole rings is 1. The fourth-order valence-electron chi connectivity index (χ4n) is 1.41. The highest BCUT2D eigenvalue weighted by Gasteiger charge is 2.12. The van der Waals surface area contributed by atoms with E-state index >= 15 is 0 Å². The Kier molecular flexibility index (Phi) is 1.71. The second-order valence-corrected chi connectivity index (χ2v) is 3.56. The van der Waals surface area contributed by atoms with E-state index in [4.69, 9.17) is 0 Å². The smallest absolute Gasteiger partial charge is 0.172 e. The minimum atomic E-state index is 0.568. The van der Waals surface area contributed by atoms with Gasteiger partial charge in [0.2, 0.25) is 0 Å². The lowest BCUT2D eigenvalue weighted by molar-refractivity contribution is 0.488. The lowest BCUT2D eigenvalue weighted by Crippen LogP contribution is -2.32. The van der Waals surface area contributed by atoms with Crippen molar-refractivity contribution in [1.82, 2.24) is 9.97 Å². The minimum Gasteiger partial charge on any atom is -0.343 e. The summed E-state index contributed by atoms with van der Waals surface area (Å²) in [5.41, 5.74) is 0.868. The Bertz CT molecular complexity index is 375. The molecule has 0 saturated heterocycles. The van der Waals surface area contributed by atoms with Gasteiger partial charge in [0.1, 0.15) is 0 Å². The van der Waals surface area contributed by atoms with Crippen molar-refractivity contribution in [1.29, 1.82) is 0 Å². The first kappa shape index (κ1) is 7.53. The molecule has 64 valence electrons. The summed E-state index contributed by atoms with van der Waals surface area (Å²) in [4.78, 5) is 11.6. The van der Waals surface area contributed by atoms with Gasteiger partial charge in [0, 0.05) is 12.5 Å². The first-order chi connectivity index (χ1) is 5.77. The molecule has 0 aromatic carbocycles. The average Bonchev–Trinajstić information content (AvgIpc) is 2.49. The standard InChI is InChI=1S/C9H13N3/c1-6(2)7-3-8-9(10-4-7)12-5-11-8/h3,5-7H,4H2,1-2H3,(H,10,11,12).